The van der Waals surface area contributed by atoms with Crippen molar-refractivity contribution in [2.45, 2.75) is 224 Å². The van der Waals surface area contributed by atoms with Gasteiger partial charge in [0.25, 0.3) is 0 Å². The number of hydrogen-bond donors (Lipinski definition) is 6. The molecule has 0 aromatic rings. The van der Waals surface area contributed by atoms with E-state index in [1.165, 1.54) is 122 Å². The third kappa shape index (κ3) is 23.2. The van der Waals surface area contributed by atoms with Crippen LogP contribution in [0.2, 0.25) is 0 Å². The van der Waals surface area contributed by atoms with E-state index in [0.29, 0.717) is 6.42 Å². The average molecular weight is 700 g/mol. The highest BCUT2D eigenvalue weighted by atomic mass is 16.7. The summed E-state index contributed by atoms with van der Waals surface area (Å²) < 4.78 is 11.2. The van der Waals surface area contributed by atoms with E-state index in [4.69, 9.17) is 9.47 Å². The summed E-state index contributed by atoms with van der Waals surface area (Å²) >= 11 is 0. The molecular formula is C40H77NO8. The number of aliphatic hydroxyl groups is 5. The second kappa shape index (κ2) is 31.6. The minimum absolute atomic E-state index is 0.178. The van der Waals surface area contributed by atoms with Gasteiger partial charge in [-0.1, -0.05) is 167 Å². The number of rotatable bonds is 33. The van der Waals surface area contributed by atoms with Gasteiger partial charge < -0.3 is 40.3 Å². The van der Waals surface area contributed by atoms with Crippen LogP contribution in [0.3, 0.4) is 0 Å². The van der Waals surface area contributed by atoms with E-state index >= 15 is 0 Å². The first-order valence-corrected chi connectivity index (χ1v) is 20.4. The Hall–Kier alpha value is -1.07. The molecular weight excluding hydrogens is 622 g/mol. The lowest BCUT2D eigenvalue weighted by Crippen LogP contribution is -2.60. The molecule has 7 atom stereocenters. The second-order valence-corrected chi connectivity index (χ2v) is 14.4. The van der Waals surface area contributed by atoms with Crippen molar-refractivity contribution in [2.24, 2.45) is 0 Å². The molecule has 290 valence electrons. The molecule has 0 spiro atoms. The Balaban J connectivity index is 2.43. The van der Waals surface area contributed by atoms with Crippen LogP contribution in [0.5, 0.6) is 0 Å². The molecule has 0 bridgehead atoms. The van der Waals surface area contributed by atoms with Gasteiger partial charge in [-0.2, -0.15) is 0 Å². The quantitative estimate of drug-likeness (QED) is 0.0307. The van der Waals surface area contributed by atoms with Crippen LogP contribution in [-0.4, -0.2) is 87.5 Å². The maximum absolute atomic E-state index is 12.9. The summed E-state index contributed by atoms with van der Waals surface area (Å²) in [4.78, 5) is 12.9. The van der Waals surface area contributed by atoms with Crippen molar-refractivity contribution in [1.82, 2.24) is 5.32 Å². The number of aliphatic hydroxyl groups excluding tert-OH is 5. The van der Waals surface area contributed by atoms with E-state index in [1.54, 1.807) is 6.08 Å². The molecule has 0 saturated carbocycles. The molecule has 2 unspecified atom stereocenters. The largest absolute Gasteiger partial charge is 0.394 e. The van der Waals surface area contributed by atoms with E-state index in [2.05, 4.69) is 19.2 Å². The molecule has 1 saturated heterocycles. The molecule has 6 N–H and O–H groups in total. The van der Waals surface area contributed by atoms with Crippen LogP contribution >= 0.6 is 0 Å². The normalized spacial score (nSPS) is 22.5. The Morgan fingerprint density at radius 3 is 1.59 bits per heavy atom. The van der Waals surface area contributed by atoms with E-state index in [9.17, 15) is 30.3 Å². The Bertz CT molecular complexity index is 781. The zero-order valence-electron chi connectivity index (χ0n) is 31.5. The molecule has 0 aromatic heterocycles. The minimum atomic E-state index is -1.56. The smallest absolute Gasteiger partial charge is 0.220 e. The fourth-order valence-electron chi connectivity index (χ4n) is 6.51. The zero-order chi connectivity index (χ0) is 36.0. The third-order valence-electron chi connectivity index (χ3n) is 9.86. The van der Waals surface area contributed by atoms with Gasteiger partial charge in [-0.3, -0.25) is 4.79 Å². The summed E-state index contributed by atoms with van der Waals surface area (Å²) in [7, 11) is 0. The number of allylic oxidation sites excluding steroid dienone is 1. The first-order chi connectivity index (χ1) is 23.8. The molecule has 1 rings (SSSR count). The summed E-state index contributed by atoms with van der Waals surface area (Å²) in [6.07, 6.45) is 26.7. The molecule has 0 aliphatic carbocycles. The third-order valence-corrected chi connectivity index (χ3v) is 9.86. The second-order valence-electron chi connectivity index (χ2n) is 14.4. The van der Waals surface area contributed by atoms with Gasteiger partial charge in [-0.05, 0) is 19.3 Å². The van der Waals surface area contributed by atoms with Crippen molar-refractivity contribution < 1.29 is 39.8 Å². The van der Waals surface area contributed by atoms with Crippen LogP contribution in [0.25, 0.3) is 0 Å². The lowest BCUT2D eigenvalue weighted by atomic mass is 9.99. The molecule has 0 aromatic carbocycles. The predicted molar refractivity (Wildman–Crippen MR) is 198 cm³/mol. The highest BCUT2D eigenvalue weighted by Crippen LogP contribution is 2.22. The van der Waals surface area contributed by atoms with Crippen molar-refractivity contribution in [1.29, 1.82) is 0 Å². The molecule has 9 nitrogen and oxygen atoms in total. The van der Waals surface area contributed by atoms with Gasteiger partial charge in [0.05, 0.1) is 25.4 Å². The SMILES string of the molecule is CCCCCCCCCCCCC/C=C\C(O)C(CO[C@@H]1O[C@H](CO)[C@H](O)[C@H](O)[C@H]1O)NC(=O)CCCCCCCCCCCCCCC. The number of ether oxygens (including phenoxy) is 2. The van der Waals surface area contributed by atoms with Crippen LogP contribution in [0, 0.1) is 0 Å². The maximum atomic E-state index is 12.9. The van der Waals surface area contributed by atoms with Crippen molar-refractivity contribution in [2.75, 3.05) is 13.2 Å². The molecule has 1 amide bonds. The van der Waals surface area contributed by atoms with Crippen LogP contribution in [0.1, 0.15) is 181 Å². The molecule has 9 heteroatoms. The van der Waals surface area contributed by atoms with Gasteiger partial charge in [0, 0.05) is 6.42 Å². The first kappa shape index (κ1) is 46.0. The highest BCUT2D eigenvalue weighted by molar-refractivity contribution is 5.76. The number of carbonyl (C=O) groups excluding carboxylic acids is 1. The Labute approximate surface area is 299 Å². The molecule has 49 heavy (non-hydrogen) atoms. The Kier molecular flexibility index (Phi) is 29.7. The van der Waals surface area contributed by atoms with Gasteiger partial charge in [0.1, 0.15) is 24.4 Å². The van der Waals surface area contributed by atoms with Gasteiger partial charge in [-0.25, -0.2) is 0 Å². The van der Waals surface area contributed by atoms with Crippen LogP contribution in [-0.2, 0) is 14.3 Å². The van der Waals surface area contributed by atoms with Crippen LogP contribution < -0.4 is 5.32 Å². The summed E-state index contributed by atoms with van der Waals surface area (Å²) in [5, 5.41) is 53.9. The van der Waals surface area contributed by atoms with Crippen molar-refractivity contribution in [3.05, 3.63) is 12.2 Å². The number of carbonyl (C=O) groups is 1. The monoisotopic (exact) mass is 700 g/mol. The van der Waals surface area contributed by atoms with Crippen molar-refractivity contribution in [3.63, 3.8) is 0 Å². The standard InChI is InChI=1S/C40H77NO8/c1-3-5-7-9-11-13-15-17-19-21-23-25-27-29-34(43)33(32-48-40-39(47)38(46)37(45)35(31-42)49-40)41-36(44)30-28-26-24-22-20-18-16-14-12-10-8-6-4-2/h27,29,33-35,37-40,42-43,45-47H,3-26,28,30-32H2,1-2H3,(H,41,44)/b29-27-/t33?,34?,35-,37+,38+,39-,40-/m1/s1. The summed E-state index contributed by atoms with van der Waals surface area (Å²) in [5.41, 5.74) is 0. The van der Waals surface area contributed by atoms with E-state index in [-0.39, 0.29) is 12.5 Å². The topological polar surface area (TPSA) is 149 Å². The van der Waals surface area contributed by atoms with Crippen molar-refractivity contribution >= 4 is 5.91 Å². The Morgan fingerprint density at radius 2 is 1.12 bits per heavy atom. The zero-order valence-corrected chi connectivity index (χ0v) is 31.5. The summed E-state index contributed by atoms with van der Waals surface area (Å²) in [5.74, 6) is -0.178. The fourth-order valence-corrected chi connectivity index (χ4v) is 6.51. The Morgan fingerprint density at radius 1 is 0.673 bits per heavy atom. The lowest BCUT2D eigenvalue weighted by Gasteiger charge is -2.40. The highest BCUT2D eigenvalue weighted by Gasteiger charge is 2.44. The predicted octanol–water partition coefficient (Wildman–Crippen LogP) is 7.39. The molecule has 1 heterocycles. The van der Waals surface area contributed by atoms with Gasteiger partial charge in [-0.15, -0.1) is 0 Å². The fraction of sp³-hybridized carbons (Fsp3) is 0.925. The van der Waals surface area contributed by atoms with Gasteiger partial charge in [0.15, 0.2) is 6.29 Å². The minimum Gasteiger partial charge on any atom is -0.394 e. The molecule has 1 aliphatic heterocycles. The molecule has 0 radical (unpaired) electrons. The number of nitrogens with one attached hydrogen (secondary N) is 1. The summed E-state index contributed by atoms with van der Waals surface area (Å²) in [6, 6.07) is -0.796. The number of hydrogen-bond acceptors (Lipinski definition) is 8. The molecule has 1 aliphatic rings. The van der Waals surface area contributed by atoms with E-state index in [0.717, 1.165) is 38.5 Å². The maximum Gasteiger partial charge on any atom is 0.220 e. The number of amides is 1. The summed E-state index contributed by atoms with van der Waals surface area (Å²) in [6.45, 7) is 3.75. The lowest BCUT2D eigenvalue weighted by molar-refractivity contribution is -0.302. The first-order valence-electron chi connectivity index (χ1n) is 20.4. The number of unbranched alkanes of at least 4 members (excludes halogenated alkanes) is 23. The van der Waals surface area contributed by atoms with Crippen LogP contribution in [0.15, 0.2) is 12.2 Å². The van der Waals surface area contributed by atoms with E-state index < -0.39 is 49.5 Å². The van der Waals surface area contributed by atoms with Crippen molar-refractivity contribution in [3.8, 4) is 0 Å². The van der Waals surface area contributed by atoms with Gasteiger partial charge >= 0.3 is 0 Å². The molecule has 1 fully saturated rings. The van der Waals surface area contributed by atoms with Gasteiger partial charge in [0.2, 0.25) is 5.91 Å². The van der Waals surface area contributed by atoms with Crippen LogP contribution in [0.4, 0.5) is 0 Å². The average Bonchev–Trinajstić information content (AvgIpc) is 3.10. The van der Waals surface area contributed by atoms with E-state index in [1.807, 2.05) is 6.08 Å².